The molecular formula is C18H19N3O4. The zero-order valence-corrected chi connectivity index (χ0v) is 14.1. The fourth-order valence-corrected chi connectivity index (χ4v) is 3.43. The Kier molecular flexibility index (Phi) is 3.71. The maximum Gasteiger partial charge on any atom is 0.407 e. The van der Waals surface area contributed by atoms with Crippen molar-refractivity contribution in [3.05, 3.63) is 30.0 Å². The predicted molar refractivity (Wildman–Crippen MR) is 92.3 cm³/mol. The quantitative estimate of drug-likeness (QED) is 0.858. The fraction of sp³-hybridized carbons (Fsp3) is 0.389. The van der Waals surface area contributed by atoms with Crippen LogP contribution in [0.1, 0.15) is 24.2 Å². The molecule has 0 aliphatic carbocycles. The van der Waals surface area contributed by atoms with Gasteiger partial charge in [-0.25, -0.2) is 9.78 Å². The fourth-order valence-electron chi connectivity index (χ4n) is 3.43. The van der Waals surface area contributed by atoms with Crippen molar-refractivity contribution in [2.24, 2.45) is 0 Å². The zero-order chi connectivity index (χ0) is 17.6. The van der Waals surface area contributed by atoms with Gasteiger partial charge in [-0.05, 0) is 37.4 Å². The van der Waals surface area contributed by atoms with Gasteiger partial charge in [0.2, 0.25) is 0 Å². The van der Waals surface area contributed by atoms with Gasteiger partial charge in [-0.2, -0.15) is 0 Å². The molecule has 130 valence electrons. The van der Waals surface area contributed by atoms with Crippen LogP contribution in [0.15, 0.2) is 24.4 Å². The summed E-state index contributed by atoms with van der Waals surface area (Å²) in [4.78, 5) is 29.3. The molecule has 2 aromatic rings. The highest BCUT2D eigenvalue weighted by Gasteiger charge is 2.42. The Morgan fingerprint density at radius 2 is 2.24 bits per heavy atom. The number of anilines is 1. The topological polar surface area (TPSA) is 80.8 Å². The molecular weight excluding hydrogens is 322 g/mol. The number of alkyl carbamates (subject to hydrolysis) is 1. The largest absolute Gasteiger partial charge is 0.490 e. The summed E-state index contributed by atoms with van der Waals surface area (Å²) in [7, 11) is 0. The van der Waals surface area contributed by atoms with E-state index >= 15 is 0 Å². The molecule has 4 rings (SSSR count). The second-order valence-electron chi connectivity index (χ2n) is 6.63. The van der Waals surface area contributed by atoms with E-state index in [9.17, 15) is 9.59 Å². The lowest BCUT2D eigenvalue weighted by atomic mass is 10.1. The van der Waals surface area contributed by atoms with Crippen LogP contribution < -0.4 is 15.0 Å². The van der Waals surface area contributed by atoms with E-state index in [1.165, 1.54) is 0 Å². The van der Waals surface area contributed by atoms with Gasteiger partial charge in [0.05, 0.1) is 24.3 Å². The zero-order valence-electron chi connectivity index (χ0n) is 14.1. The first-order valence-electron chi connectivity index (χ1n) is 8.32. The maximum atomic E-state index is 11.4. The highest BCUT2D eigenvalue weighted by Crippen LogP contribution is 2.33. The number of hydrogen-bond donors (Lipinski definition) is 1. The lowest BCUT2D eigenvalue weighted by Gasteiger charge is -2.21. The molecule has 7 heteroatoms. The first-order chi connectivity index (χ1) is 12.0. The van der Waals surface area contributed by atoms with Crippen LogP contribution in [0, 0.1) is 0 Å². The number of aromatic nitrogens is 1. The number of nitrogens with one attached hydrogen (secondary N) is 1. The minimum Gasteiger partial charge on any atom is -0.490 e. The molecule has 0 saturated carbocycles. The molecule has 3 heterocycles. The summed E-state index contributed by atoms with van der Waals surface area (Å²) in [5.74, 6) is 1.35. The van der Waals surface area contributed by atoms with Crippen molar-refractivity contribution in [2.75, 3.05) is 18.0 Å². The summed E-state index contributed by atoms with van der Waals surface area (Å²) >= 11 is 0. The first kappa shape index (κ1) is 15.7. The van der Waals surface area contributed by atoms with Crippen LogP contribution >= 0.6 is 0 Å². The average Bonchev–Trinajstić information content (AvgIpc) is 3.10. The number of ether oxygens (including phenoxy) is 2. The molecule has 0 spiro atoms. The lowest BCUT2D eigenvalue weighted by molar-refractivity contribution is 0.111. The Balaban J connectivity index is 1.74. The van der Waals surface area contributed by atoms with E-state index in [4.69, 9.17) is 9.47 Å². The molecule has 2 aliphatic heterocycles. The van der Waals surface area contributed by atoms with E-state index in [2.05, 4.69) is 15.2 Å². The Morgan fingerprint density at radius 1 is 1.40 bits per heavy atom. The summed E-state index contributed by atoms with van der Waals surface area (Å²) in [5.41, 5.74) is 0.521. The van der Waals surface area contributed by atoms with Crippen molar-refractivity contribution in [3.63, 3.8) is 0 Å². The number of pyridine rings is 1. The third kappa shape index (κ3) is 2.75. The van der Waals surface area contributed by atoms with Gasteiger partial charge in [0.25, 0.3) is 0 Å². The first-order valence-corrected chi connectivity index (χ1v) is 8.32. The monoisotopic (exact) mass is 341 g/mol. The number of rotatable bonds is 4. The van der Waals surface area contributed by atoms with Crippen LogP contribution in [0.4, 0.5) is 10.6 Å². The molecule has 25 heavy (non-hydrogen) atoms. The Bertz CT molecular complexity index is 836. The number of carbonyl (C=O) groups excluding carboxylic acids is 2. The molecule has 2 fully saturated rings. The van der Waals surface area contributed by atoms with Gasteiger partial charge in [0.15, 0.2) is 6.29 Å². The Labute approximate surface area is 144 Å². The highest BCUT2D eigenvalue weighted by atomic mass is 16.6. The van der Waals surface area contributed by atoms with Gasteiger partial charge in [0, 0.05) is 18.1 Å². The SMILES string of the molecule is CC(C)Oc1cc2c(N3CC4NC(=O)OC4C3)nccc2cc1C=O. The molecule has 2 unspecified atom stereocenters. The van der Waals surface area contributed by atoms with Crippen molar-refractivity contribution in [1.82, 2.24) is 10.3 Å². The van der Waals surface area contributed by atoms with Crippen molar-refractivity contribution in [2.45, 2.75) is 32.1 Å². The van der Waals surface area contributed by atoms with Gasteiger partial charge < -0.3 is 19.7 Å². The smallest absolute Gasteiger partial charge is 0.407 e. The van der Waals surface area contributed by atoms with E-state index in [1.54, 1.807) is 6.20 Å². The Hall–Kier alpha value is -2.83. The average molecular weight is 341 g/mol. The summed E-state index contributed by atoms with van der Waals surface area (Å²) < 4.78 is 11.1. The van der Waals surface area contributed by atoms with Crippen molar-refractivity contribution in [3.8, 4) is 5.75 Å². The second-order valence-corrected chi connectivity index (χ2v) is 6.63. The molecule has 2 aliphatic rings. The summed E-state index contributed by atoms with van der Waals surface area (Å²) in [6, 6.07) is 5.54. The number of benzene rings is 1. The number of fused-ring (bicyclic) bond motifs is 2. The van der Waals surface area contributed by atoms with Crippen LogP contribution in [0.25, 0.3) is 10.8 Å². The third-order valence-corrected chi connectivity index (χ3v) is 4.49. The minimum absolute atomic E-state index is 0.0230. The number of nitrogens with zero attached hydrogens (tertiary/aromatic N) is 2. The summed E-state index contributed by atoms with van der Waals surface area (Å²) in [6.07, 6.45) is 1.98. The van der Waals surface area contributed by atoms with E-state index in [0.29, 0.717) is 24.4 Å². The van der Waals surface area contributed by atoms with E-state index in [-0.39, 0.29) is 24.3 Å². The predicted octanol–water partition coefficient (Wildman–Crippen LogP) is 2.13. The molecule has 0 bridgehead atoms. The molecule has 1 aromatic carbocycles. The van der Waals surface area contributed by atoms with Crippen LogP contribution in [-0.2, 0) is 4.74 Å². The molecule has 2 saturated heterocycles. The van der Waals surface area contributed by atoms with Gasteiger partial charge in [-0.15, -0.1) is 0 Å². The number of amides is 1. The number of aldehydes is 1. The van der Waals surface area contributed by atoms with E-state index in [1.807, 2.05) is 32.0 Å². The van der Waals surface area contributed by atoms with Gasteiger partial charge >= 0.3 is 6.09 Å². The van der Waals surface area contributed by atoms with E-state index in [0.717, 1.165) is 22.9 Å². The highest BCUT2D eigenvalue weighted by molar-refractivity contribution is 5.98. The van der Waals surface area contributed by atoms with Gasteiger partial charge in [-0.3, -0.25) is 4.79 Å². The van der Waals surface area contributed by atoms with Gasteiger partial charge in [-0.1, -0.05) is 0 Å². The molecule has 1 aromatic heterocycles. The van der Waals surface area contributed by atoms with Crippen molar-refractivity contribution in [1.29, 1.82) is 0 Å². The normalized spacial score (nSPS) is 22.0. The van der Waals surface area contributed by atoms with Crippen LogP contribution in [-0.4, -0.2) is 48.7 Å². The van der Waals surface area contributed by atoms with Crippen molar-refractivity contribution >= 4 is 29.0 Å². The Morgan fingerprint density at radius 3 is 2.96 bits per heavy atom. The van der Waals surface area contributed by atoms with E-state index < -0.39 is 0 Å². The second kappa shape index (κ2) is 5.91. The minimum atomic E-state index is -0.358. The molecule has 1 amide bonds. The number of carbonyl (C=O) groups is 2. The molecule has 2 atom stereocenters. The molecule has 1 N–H and O–H groups in total. The molecule has 7 nitrogen and oxygen atoms in total. The lowest BCUT2D eigenvalue weighted by Crippen LogP contribution is -2.32. The van der Waals surface area contributed by atoms with Crippen LogP contribution in [0.2, 0.25) is 0 Å². The number of hydrogen-bond acceptors (Lipinski definition) is 6. The summed E-state index contributed by atoms with van der Waals surface area (Å²) in [6.45, 7) is 5.07. The standard InChI is InChI=1S/C18H19N3O4/c1-10(2)24-15-6-13-11(5-12(15)9-22)3-4-19-17(13)21-7-14-16(8-21)25-18(23)20-14/h3-6,9-10,14,16H,7-8H2,1-2H3,(H,20,23). The molecule has 0 radical (unpaired) electrons. The van der Waals surface area contributed by atoms with Crippen LogP contribution in [0.3, 0.4) is 0 Å². The van der Waals surface area contributed by atoms with Crippen molar-refractivity contribution < 1.29 is 19.1 Å². The third-order valence-electron chi connectivity index (χ3n) is 4.49. The maximum absolute atomic E-state index is 11.4. The van der Waals surface area contributed by atoms with Gasteiger partial charge in [0.1, 0.15) is 17.7 Å². The summed E-state index contributed by atoms with van der Waals surface area (Å²) in [5, 5.41) is 4.65. The van der Waals surface area contributed by atoms with Crippen LogP contribution in [0.5, 0.6) is 5.75 Å².